The third-order valence-electron chi connectivity index (χ3n) is 3.77. The number of ether oxygens (including phenoxy) is 1. The highest BCUT2D eigenvalue weighted by Crippen LogP contribution is 2.23. The number of piperazine rings is 1. The van der Waals surface area contributed by atoms with E-state index in [-0.39, 0.29) is 18.0 Å². The lowest BCUT2D eigenvalue weighted by atomic mass is 10.0. The van der Waals surface area contributed by atoms with Crippen LogP contribution in [0.3, 0.4) is 0 Å². The molecule has 0 aromatic heterocycles. The Hall–Kier alpha value is -1.66. The Balaban J connectivity index is 2.00. The molecule has 1 saturated heterocycles. The highest BCUT2D eigenvalue weighted by Gasteiger charge is 2.28. The van der Waals surface area contributed by atoms with Gasteiger partial charge in [0.2, 0.25) is 0 Å². The van der Waals surface area contributed by atoms with Gasteiger partial charge in [0, 0.05) is 38.3 Å². The molecular formula is C15H22FN3O2. The maximum Gasteiger partial charge on any atom is 0.409 e. The zero-order valence-electron chi connectivity index (χ0n) is 12.3. The Morgan fingerprint density at radius 1 is 1.33 bits per heavy atom. The van der Waals surface area contributed by atoms with Gasteiger partial charge in [0.15, 0.2) is 0 Å². The first-order valence-corrected chi connectivity index (χ1v) is 7.27. The molecule has 1 heterocycles. The molecule has 1 aliphatic heterocycles. The van der Waals surface area contributed by atoms with Crippen LogP contribution in [0.15, 0.2) is 24.3 Å². The summed E-state index contributed by atoms with van der Waals surface area (Å²) in [5.74, 6) is -0.235. The minimum absolute atomic E-state index is 0.157. The van der Waals surface area contributed by atoms with E-state index in [0.717, 1.165) is 0 Å². The minimum Gasteiger partial charge on any atom is -0.450 e. The topological polar surface area (TPSA) is 58.8 Å². The molecule has 0 aliphatic carbocycles. The normalized spacial score (nSPS) is 17.6. The monoisotopic (exact) mass is 295 g/mol. The SMILES string of the molecule is CCOC(=O)N1CCN(C(CN)c2ccccc2F)CC1. The van der Waals surface area contributed by atoms with Gasteiger partial charge in [0.05, 0.1) is 12.6 Å². The predicted molar refractivity (Wildman–Crippen MR) is 78.4 cm³/mol. The van der Waals surface area contributed by atoms with Gasteiger partial charge in [-0.3, -0.25) is 4.90 Å². The Morgan fingerprint density at radius 3 is 2.57 bits per heavy atom. The number of carbonyl (C=O) groups excluding carboxylic acids is 1. The van der Waals surface area contributed by atoms with Gasteiger partial charge in [0.25, 0.3) is 0 Å². The largest absolute Gasteiger partial charge is 0.450 e. The van der Waals surface area contributed by atoms with E-state index in [2.05, 4.69) is 4.90 Å². The van der Waals surface area contributed by atoms with Crippen molar-refractivity contribution in [3.63, 3.8) is 0 Å². The molecule has 0 spiro atoms. The molecule has 1 unspecified atom stereocenters. The van der Waals surface area contributed by atoms with Crippen molar-refractivity contribution in [3.05, 3.63) is 35.6 Å². The summed E-state index contributed by atoms with van der Waals surface area (Å²) < 4.78 is 18.9. The van der Waals surface area contributed by atoms with Crippen LogP contribution in [-0.2, 0) is 4.74 Å². The average molecular weight is 295 g/mol. The van der Waals surface area contributed by atoms with Crippen LogP contribution in [0.5, 0.6) is 0 Å². The Kier molecular flexibility index (Phi) is 5.52. The number of halogens is 1. The molecule has 0 saturated carbocycles. The van der Waals surface area contributed by atoms with Crippen LogP contribution >= 0.6 is 0 Å². The molecule has 21 heavy (non-hydrogen) atoms. The van der Waals surface area contributed by atoms with Gasteiger partial charge in [-0.1, -0.05) is 18.2 Å². The quantitative estimate of drug-likeness (QED) is 0.916. The second kappa shape index (κ2) is 7.38. The number of carbonyl (C=O) groups is 1. The molecule has 5 nitrogen and oxygen atoms in total. The summed E-state index contributed by atoms with van der Waals surface area (Å²) >= 11 is 0. The van der Waals surface area contributed by atoms with Gasteiger partial charge in [-0.2, -0.15) is 0 Å². The number of nitrogens with zero attached hydrogens (tertiary/aromatic N) is 2. The fourth-order valence-electron chi connectivity index (χ4n) is 2.65. The van der Waals surface area contributed by atoms with Gasteiger partial charge in [-0.05, 0) is 13.0 Å². The Morgan fingerprint density at radius 2 is 2.00 bits per heavy atom. The predicted octanol–water partition coefficient (Wildman–Crippen LogP) is 1.60. The molecule has 0 bridgehead atoms. The van der Waals surface area contributed by atoms with E-state index >= 15 is 0 Å². The lowest BCUT2D eigenvalue weighted by molar-refractivity contribution is 0.0665. The number of hydrogen-bond donors (Lipinski definition) is 1. The Bertz CT molecular complexity index is 476. The third-order valence-corrected chi connectivity index (χ3v) is 3.77. The van der Waals surface area contributed by atoms with E-state index in [4.69, 9.17) is 10.5 Å². The van der Waals surface area contributed by atoms with Gasteiger partial charge >= 0.3 is 6.09 Å². The molecule has 1 atom stereocenters. The van der Waals surface area contributed by atoms with Crippen LogP contribution in [0.25, 0.3) is 0 Å². The molecule has 1 aliphatic rings. The average Bonchev–Trinajstić information content (AvgIpc) is 2.51. The molecule has 116 valence electrons. The summed E-state index contributed by atoms with van der Waals surface area (Å²) in [6.07, 6.45) is -0.285. The van der Waals surface area contributed by atoms with Crippen LogP contribution in [-0.4, -0.2) is 55.2 Å². The highest BCUT2D eigenvalue weighted by atomic mass is 19.1. The zero-order valence-corrected chi connectivity index (χ0v) is 12.3. The van der Waals surface area contributed by atoms with Crippen molar-refractivity contribution >= 4 is 6.09 Å². The number of hydrogen-bond acceptors (Lipinski definition) is 4. The standard InChI is InChI=1S/C15H22FN3O2/c1-2-21-15(20)19-9-7-18(8-10-19)14(11-17)12-5-3-4-6-13(12)16/h3-6,14H,2,7-11,17H2,1H3. The van der Waals surface area contributed by atoms with Crippen molar-refractivity contribution in [1.29, 1.82) is 0 Å². The lowest BCUT2D eigenvalue weighted by Gasteiger charge is -2.38. The fourth-order valence-corrected chi connectivity index (χ4v) is 2.65. The summed E-state index contributed by atoms with van der Waals surface area (Å²) in [6.45, 7) is 4.98. The van der Waals surface area contributed by atoms with Gasteiger partial charge in [0.1, 0.15) is 5.82 Å². The zero-order chi connectivity index (χ0) is 15.2. The first-order valence-electron chi connectivity index (χ1n) is 7.27. The maximum absolute atomic E-state index is 13.9. The number of amides is 1. The summed E-state index contributed by atoms with van der Waals surface area (Å²) in [5, 5.41) is 0. The van der Waals surface area contributed by atoms with Crippen LogP contribution in [0.2, 0.25) is 0 Å². The fraction of sp³-hybridized carbons (Fsp3) is 0.533. The number of benzene rings is 1. The minimum atomic E-state index is -0.285. The molecule has 2 N–H and O–H groups in total. The van der Waals surface area contributed by atoms with E-state index in [1.807, 2.05) is 6.07 Å². The van der Waals surface area contributed by atoms with Crippen molar-refractivity contribution in [1.82, 2.24) is 9.80 Å². The van der Waals surface area contributed by atoms with Crippen molar-refractivity contribution in [2.75, 3.05) is 39.3 Å². The Labute approximate surface area is 124 Å². The van der Waals surface area contributed by atoms with Crippen LogP contribution in [0.4, 0.5) is 9.18 Å². The van der Waals surface area contributed by atoms with Gasteiger partial charge < -0.3 is 15.4 Å². The van der Waals surface area contributed by atoms with Crippen LogP contribution in [0, 0.1) is 5.82 Å². The van der Waals surface area contributed by atoms with Gasteiger partial charge in [-0.25, -0.2) is 9.18 Å². The molecule has 1 amide bonds. The molecule has 1 aromatic rings. The molecule has 6 heteroatoms. The van der Waals surface area contributed by atoms with Crippen LogP contribution in [0.1, 0.15) is 18.5 Å². The summed E-state index contributed by atoms with van der Waals surface area (Å²) in [4.78, 5) is 15.5. The summed E-state index contributed by atoms with van der Waals surface area (Å²) in [7, 11) is 0. The molecule has 1 aromatic carbocycles. The van der Waals surface area contributed by atoms with E-state index in [1.165, 1.54) is 6.07 Å². The lowest BCUT2D eigenvalue weighted by Crippen LogP contribution is -2.51. The maximum atomic E-state index is 13.9. The van der Waals surface area contributed by atoms with Crippen molar-refractivity contribution < 1.29 is 13.9 Å². The third kappa shape index (κ3) is 3.71. The van der Waals surface area contributed by atoms with E-state index in [9.17, 15) is 9.18 Å². The first kappa shape index (κ1) is 15.7. The molecule has 0 radical (unpaired) electrons. The van der Waals surface area contributed by atoms with E-state index in [1.54, 1.807) is 24.0 Å². The summed E-state index contributed by atoms with van der Waals surface area (Å²) in [5.41, 5.74) is 6.45. The van der Waals surface area contributed by atoms with Crippen molar-refractivity contribution in [2.24, 2.45) is 5.73 Å². The number of rotatable bonds is 4. The molecule has 2 rings (SSSR count). The second-order valence-corrected chi connectivity index (χ2v) is 4.99. The van der Waals surface area contributed by atoms with E-state index in [0.29, 0.717) is 44.9 Å². The smallest absolute Gasteiger partial charge is 0.409 e. The van der Waals surface area contributed by atoms with Crippen molar-refractivity contribution in [2.45, 2.75) is 13.0 Å². The first-order chi connectivity index (χ1) is 10.2. The van der Waals surface area contributed by atoms with E-state index < -0.39 is 0 Å². The van der Waals surface area contributed by atoms with Gasteiger partial charge in [-0.15, -0.1) is 0 Å². The van der Waals surface area contributed by atoms with Crippen molar-refractivity contribution in [3.8, 4) is 0 Å². The van der Waals surface area contributed by atoms with Crippen LogP contribution < -0.4 is 5.73 Å². The second-order valence-electron chi connectivity index (χ2n) is 4.99. The molecular weight excluding hydrogens is 273 g/mol. The highest BCUT2D eigenvalue weighted by molar-refractivity contribution is 5.67. The molecule has 1 fully saturated rings. The summed E-state index contributed by atoms with van der Waals surface area (Å²) in [6, 6.07) is 6.55. The number of nitrogens with two attached hydrogens (primary N) is 1.